The zero-order valence-corrected chi connectivity index (χ0v) is 11.2. The molecule has 0 aliphatic carbocycles. The molecule has 0 saturated carbocycles. The van der Waals surface area contributed by atoms with Gasteiger partial charge in [0.25, 0.3) is 0 Å². The Labute approximate surface area is 112 Å². The number of aryl methyl sites for hydroxylation is 1. The number of aromatic nitrogens is 2. The first-order valence-corrected chi connectivity index (χ1v) is 6.21. The number of benzene rings is 1. The van der Waals surface area contributed by atoms with Crippen LogP contribution in [0.1, 0.15) is 11.4 Å². The summed E-state index contributed by atoms with van der Waals surface area (Å²) in [6.45, 7) is 2.88. The maximum Gasteiger partial charge on any atom is 0.244 e. The first kappa shape index (κ1) is 13.3. The molecule has 1 aromatic heterocycles. The van der Waals surface area contributed by atoms with Gasteiger partial charge in [-0.15, -0.1) is 0 Å². The number of para-hydroxylation sites is 1. The Morgan fingerprint density at radius 2 is 2.16 bits per heavy atom. The molecule has 5 nitrogen and oxygen atoms in total. The number of nitrogens with zero attached hydrogens (tertiary/aromatic N) is 2. The first-order valence-electron chi connectivity index (χ1n) is 6.21. The molecule has 2 aromatic rings. The summed E-state index contributed by atoms with van der Waals surface area (Å²) in [6.07, 6.45) is 3.51. The van der Waals surface area contributed by atoms with Crippen molar-refractivity contribution in [3.05, 3.63) is 48.0 Å². The second-order valence-corrected chi connectivity index (χ2v) is 4.36. The predicted octanol–water partition coefficient (Wildman–Crippen LogP) is 1.55. The molecule has 0 saturated heterocycles. The fourth-order valence-electron chi connectivity index (χ4n) is 1.87. The molecule has 0 fully saturated rings. The van der Waals surface area contributed by atoms with Crippen LogP contribution in [0.15, 0.2) is 36.7 Å². The Morgan fingerprint density at radius 1 is 1.37 bits per heavy atom. The summed E-state index contributed by atoms with van der Waals surface area (Å²) in [5, 5.41) is 5.94. The van der Waals surface area contributed by atoms with Crippen molar-refractivity contribution in [3.8, 4) is 0 Å². The highest BCUT2D eigenvalue weighted by molar-refractivity contribution is 5.91. The molecule has 1 aromatic carbocycles. The van der Waals surface area contributed by atoms with E-state index in [9.17, 15) is 4.79 Å². The topological polar surface area (TPSA) is 59.0 Å². The van der Waals surface area contributed by atoms with Crippen LogP contribution in [-0.4, -0.2) is 22.5 Å². The molecule has 0 spiro atoms. The third-order valence-electron chi connectivity index (χ3n) is 2.87. The quantitative estimate of drug-likeness (QED) is 0.855. The highest BCUT2D eigenvalue weighted by atomic mass is 16.1. The standard InChI is InChI=1S/C14H18N4O/c1-11-5-3-4-6-12(11)17-14(19)10-18-8-7-16-13(18)9-15-2/h3-8,15H,9-10H2,1-2H3,(H,17,19). The molecule has 0 unspecified atom stereocenters. The summed E-state index contributed by atoms with van der Waals surface area (Å²) in [4.78, 5) is 16.2. The summed E-state index contributed by atoms with van der Waals surface area (Å²) in [7, 11) is 1.85. The lowest BCUT2D eigenvalue weighted by Crippen LogP contribution is -2.21. The summed E-state index contributed by atoms with van der Waals surface area (Å²) < 4.78 is 1.84. The molecular weight excluding hydrogens is 240 g/mol. The number of anilines is 1. The van der Waals surface area contributed by atoms with Gasteiger partial charge < -0.3 is 15.2 Å². The Morgan fingerprint density at radius 3 is 2.89 bits per heavy atom. The summed E-state index contributed by atoms with van der Waals surface area (Å²) in [5.41, 5.74) is 1.90. The van der Waals surface area contributed by atoms with E-state index < -0.39 is 0 Å². The van der Waals surface area contributed by atoms with Gasteiger partial charge >= 0.3 is 0 Å². The molecule has 19 heavy (non-hydrogen) atoms. The van der Waals surface area contributed by atoms with Gasteiger partial charge in [-0.1, -0.05) is 18.2 Å². The molecule has 0 bridgehead atoms. The minimum absolute atomic E-state index is 0.0512. The van der Waals surface area contributed by atoms with Crippen LogP contribution in [0, 0.1) is 6.92 Å². The van der Waals surface area contributed by atoms with Crippen LogP contribution in [0.25, 0.3) is 0 Å². The Balaban J connectivity index is 2.02. The third kappa shape index (κ3) is 3.42. The Kier molecular flexibility index (Phi) is 4.30. The van der Waals surface area contributed by atoms with E-state index in [1.54, 1.807) is 6.20 Å². The van der Waals surface area contributed by atoms with Crippen LogP contribution in [0.2, 0.25) is 0 Å². The molecule has 0 aliphatic heterocycles. The lowest BCUT2D eigenvalue weighted by molar-refractivity contribution is -0.116. The van der Waals surface area contributed by atoms with E-state index >= 15 is 0 Å². The molecular formula is C14H18N4O. The van der Waals surface area contributed by atoms with Gasteiger partial charge in [0.2, 0.25) is 5.91 Å². The smallest absolute Gasteiger partial charge is 0.244 e. The van der Waals surface area contributed by atoms with Gasteiger partial charge in [0.15, 0.2) is 0 Å². The number of hydrogen-bond donors (Lipinski definition) is 2. The van der Waals surface area contributed by atoms with Gasteiger partial charge in [-0.3, -0.25) is 4.79 Å². The zero-order valence-electron chi connectivity index (χ0n) is 11.2. The maximum absolute atomic E-state index is 12.0. The number of carbonyl (C=O) groups excluding carboxylic acids is 1. The minimum Gasteiger partial charge on any atom is -0.324 e. The largest absolute Gasteiger partial charge is 0.324 e. The molecule has 5 heteroatoms. The SMILES string of the molecule is CNCc1nccn1CC(=O)Nc1ccccc1C. The van der Waals surface area contributed by atoms with Gasteiger partial charge in [-0.05, 0) is 25.6 Å². The van der Waals surface area contributed by atoms with Crippen molar-refractivity contribution in [2.24, 2.45) is 0 Å². The summed E-state index contributed by atoms with van der Waals surface area (Å²) >= 11 is 0. The molecule has 2 rings (SSSR count). The monoisotopic (exact) mass is 258 g/mol. The molecule has 100 valence electrons. The fraction of sp³-hybridized carbons (Fsp3) is 0.286. The van der Waals surface area contributed by atoms with Gasteiger partial charge in [-0.2, -0.15) is 0 Å². The number of amides is 1. The van der Waals surface area contributed by atoms with Crippen LogP contribution in [0.4, 0.5) is 5.69 Å². The van der Waals surface area contributed by atoms with Crippen molar-refractivity contribution < 1.29 is 4.79 Å². The Hall–Kier alpha value is -2.14. The first-order chi connectivity index (χ1) is 9.20. The maximum atomic E-state index is 12.0. The summed E-state index contributed by atoms with van der Waals surface area (Å²) in [5.74, 6) is 0.798. The lowest BCUT2D eigenvalue weighted by Gasteiger charge is -2.10. The normalized spacial score (nSPS) is 10.4. The molecule has 2 N–H and O–H groups in total. The van der Waals surface area contributed by atoms with Crippen molar-refractivity contribution >= 4 is 11.6 Å². The van der Waals surface area contributed by atoms with Crippen LogP contribution >= 0.6 is 0 Å². The van der Waals surface area contributed by atoms with Crippen molar-refractivity contribution in [3.63, 3.8) is 0 Å². The average molecular weight is 258 g/mol. The van der Waals surface area contributed by atoms with Gasteiger partial charge in [-0.25, -0.2) is 4.98 Å². The number of imidazole rings is 1. The highest BCUT2D eigenvalue weighted by Crippen LogP contribution is 2.13. The van der Waals surface area contributed by atoms with Gasteiger partial charge in [0.1, 0.15) is 12.4 Å². The number of hydrogen-bond acceptors (Lipinski definition) is 3. The molecule has 1 amide bonds. The summed E-state index contributed by atoms with van der Waals surface area (Å²) in [6, 6.07) is 7.73. The second kappa shape index (κ2) is 6.15. The predicted molar refractivity (Wildman–Crippen MR) is 74.8 cm³/mol. The van der Waals surface area contributed by atoms with E-state index in [1.165, 1.54) is 0 Å². The van der Waals surface area contributed by atoms with E-state index in [-0.39, 0.29) is 12.5 Å². The van der Waals surface area contributed by atoms with Crippen LogP contribution in [-0.2, 0) is 17.9 Å². The van der Waals surface area contributed by atoms with Crippen LogP contribution in [0.5, 0.6) is 0 Å². The van der Waals surface area contributed by atoms with Crippen LogP contribution < -0.4 is 10.6 Å². The highest BCUT2D eigenvalue weighted by Gasteiger charge is 2.08. The van der Waals surface area contributed by atoms with Gasteiger partial charge in [0, 0.05) is 18.1 Å². The minimum atomic E-state index is -0.0512. The zero-order chi connectivity index (χ0) is 13.7. The van der Waals surface area contributed by atoms with Crippen LogP contribution in [0.3, 0.4) is 0 Å². The molecule has 0 radical (unpaired) electrons. The van der Waals surface area contributed by atoms with E-state index in [4.69, 9.17) is 0 Å². The molecule has 1 heterocycles. The molecule has 0 aliphatic rings. The number of carbonyl (C=O) groups is 1. The van der Waals surface area contributed by atoms with Crippen molar-refractivity contribution in [2.45, 2.75) is 20.0 Å². The number of nitrogens with one attached hydrogen (secondary N) is 2. The van der Waals surface area contributed by atoms with Crippen molar-refractivity contribution in [1.82, 2.24) is 14.9 Å². The molecule has 0 atom stereocenters. The van der Waals surface area contributed by atoms with Gasteiger partial charge in [0.05, 0.1) is 6.54 Å². The van der Waals surface area contributed by atoms with Crippen molar-refractivity contribution in [1.29, 1.82) is 0 Å². The second-order valence-electron chi connectivity index (χ2n) is 4.36. The van der Waals surface area contributed by atoms with E-state index in [2.05, 4.69) is 15.6 Å². The van der Waals surface area contributed by atoms with E-state index in [0.717, 1.165) is 17.1 Å². The van der Waals surface area contributed by atoms with E-state index in [1.807, 2.05) is 49.0 Å². The van der Waals surface area contributed by atoms with Crippen molar-refractivity contribution in [2.75, 3.05) is 12.4 Å². The van der Waals surface area contributed by atoms with E-state index in [0.29, 0.717) is 6.54 Å². The average Bonchev–Trinajstić information content (AvgIpc) is 2.80. The lowest BCUT2D eigenvalue weighted by atomic mass is 10.2. The number of rotatable bonds is 5. The fourth-order valence-corrected chi connectivity index (χ4v) is 1.87. The third-order valence-corrected chi connectivity index (χ3v) is 2.87. The Bertz CT molecular complexity index is 562.